The van der Waals surface area contributed by atoms with Crippen molar-refractivity contribution >= 4 is 23.6 Å². The first-order valence-corrected chi connectivity index (χ1v) is 8.80. The van der Waals surface area contributed by atoms with Gasteiger partial charge in [-0.2, -0.15) is 13.2 Å². The average molecular weight is 439 g/mol. The highest BCUT2D eigenvalue weighted by molar-refractivity contribution is 5.94. The van der Waals surface area contributed by atoms with Crippen molar-refractivity contribution < 1.29 is 41.7 Å². The van der Waals surface area contributed by atoms with Gasteiger partial charge in [0.2, 0.25) is 5.75 Å². The number of amides is 1. The number of carbonyl (C=O) groups excluding carboxylic acids is 2. The molecule has 0 unspecified atom stereocenters. The van der Waals surface area contributed by atoms with Crippen LogP contribution >= 0.6 is 0 Å². The van der Waals surface area contributed by atoms with Crippen molar-refractivity contribution in [2.45, 2.75) is 6.18 Å². The van der Waals surface area contributed by atoms with Crippen LogP contribution in [0, 0.1) is 0 Å². The zero-order valence-corrected chi connectivity index (χ0v) is 16.9. The van der Waals surface area contributed by atoms with Crippen molar-refractivity contribution in [2.75, 3.05) is 33.3 Å². The molecule has 1 N–H and O–H groups in total. The number of hydrogen-bond donors (Lipinski definition) is 1. The number of carbonyl (C=O) groups is 2. The Labute approximate surface area is 176 Å². The highest BCUT2D eigenvalue weighted by Crippen LogP contribution is 2.38. The zero-order valence-electron chi connectivity index (χ0n) is 16.9. The number of hydrogen-bond acceptors (Lipinski definition) is 6. The van der Waals surface area contributed by atoms with Crippen molar-refractivity contribution in [2.24, 2.45) is 0 Å². The molecule has 0 heterocycles. The molecule has 0 fully saturated rings. The molecule has 0 aliphatic carbocycles. The number of methoxy groups -OCH3 is 3. The number of esters is 1. The molecule has 2 aromatic rings. The lowest BCUT2D eigenvalue weighted by atomic mass is 10.1. The van der Waals surface area contributed by atoms with Gasteiger partial charge in [-0.25, -0.2) is 4.79 Å². The van der Waals surface area contributed by atoms with Crippen LogP contribution in [0.15, 0.2) is 42.5 Å². The van der Waals surface area contributed by atoms with Gasteiger partial charge in [0.15, 0.2) is 18.1 Å². The SMILES string of the molecule is COc1cc(/C=C/C(=O)OCC(=O)Nc2ccc(C(F)(F)F)cc2)cc(OC)c1OC. The monoisotopic (exact) mass is 439 g/mol. The van der Waals surface area contributed by atoms with E-state index in [2.05, 4.69) is 5.32 Å². The van der Waals surface area contributed by atoms with E-state index in [4.69, 9.17) is 18.9 Å². The van der Waals surface area contributed by atoms with Crippen molar-refractivity contribution in [1.82, 2.24) is 0 Å². The number of nitrogens with one attached hydrogen (secondary N) is 1. The fourth-order valence-electron chi connectivity index (χ4n) is 2.49. The van der Waals surface area contributed by atoms with Crippen LogP contribution in [0.1, 0.15) is 11.1 Å². The van der Waals surface area contributed by atoms with Crippen LogP contribution in [0.5, 0.6) is 17.2 Å². The maximum absolute atomic E-state index is 12.5. The molecular formula is C21H20F3NO6. The molecule has 0 aliphatic rings. The molecule has 0 spiro atoms. The van der Waals surface area contributed by atoms with Crippen LogP contribution in [0.3, 0.4) is 0 Å². The van der Waals surface area contributed by atoms with Crippen molar-refractivity contribution in [3.63, 3.8) is 0 Å². The summed E-state index contributed by atoms with van der Waals surface area (Å²) in [6, 6.07) is 7.11. The summed E-state index contributed by atoms with van der Waals surface area (Å²) >= 11 is 0. The van der Waals surface area contributed by atoms with Crippen LogP contribution in [-0.4, -0.2) is 39.8 Å². The predicted molar refractivity (Wildman–Crippen MR) is 106 cm³/mol. The van der Waals surface area contributed by atoms with E-state index in [-0.39, 0.29) is 5.69 Å². The molecule has 0 saturated carbocycles. The van der Waals surface area contributed by atoms with Crippen LogP contribution in [0.25, 0.3) is 6.08 Å². The lowest BCUT2D eigenvalue weighted by molar-refractivity contribution is -0.142. The van der Waals surface area contributed by atoms with Crippen LogP contribution in [-0.2, 0) is 20.5 Å². The summed E-state index contributed by atoms with van der Waals surface area (Å²) in [5.41, 5.74) is -0.142. The number of anilines is 1. The molecule has 2 aromatic carbocycles. The fraction of sp³-hybridized carbons (Fsp3) is 0.238. The van der Waals surface area contributed by atoms with Gasteiger partial charge in [-0.1, -0.05) is 0 Å². The minimum Gasteiger partial charge on any atom is -0.493 e. The van der Waals surface area contributed by atoms with Crippen molar-refractivity contribution in [1.29, 1.82) is 0 Å². The van der Waals surface area contributed by atoms with E-state index in [0.29, 0.717) is 22.8 Å². The van der Waals surface area contributed by atoms with Crippen LogP contribution in [0.2, 0.25) is 0 Å². The zero-order chi connectivity index (χ0) is 23.0. The second-order valence-electron chi connectivity index (χ2n) is 6.02. The lowest BCUT2D eigenvalue weighted by Crippen LogP contribution is -2.20. The maximum Gasteiger partial charge on any atom is 0.416 e. The van der Waals surface area contributed by atoms with E-state index in [1.54, 1.807) is 12.1 Å². The van der Waals surface area contributed by atoms with Crippen molar-refractivity contribution in [3.05, 3.63) is 53.6 Å². The average Bonchev–Trinajstić information content (AvgIpc) is 2.75. The molecule has 0 aliphatic heterocycles. The van der Waals surface area contributed by atoms with E-state index in [1.165, 1.54) is 27.4 Å². The molecule has 10 heteroatoms. The number of benzene rings is 2. The molecule has 166 valence electrons. The van der Waals surface area contributed by atoms with Crippen LogP contribution < -0.4 is 19.5 Å². The minimum atomic E-state index is -4.47. The molecule has 0 saturated heterocycles. The smallest absolute Gasteiger partial charge is 0.416 e. The Balaban J connectivity index is 1.93. The lowest BCUT2D eigenvalue weighted by Gasteiger charge is -2.12. The van der Waals surface area contributed by atoms with Gasteiger partial charge in [0.1, 0.15) is 0 Å². The van der Waals surface area contributed by atoms with Gasteiger partial charge in [-0.3, -0.25) is 4.79 Å². The van der Waals surface area contributed by atoms with Gasteiger partial charge in [0.25, 0.3) is 5.91 Å². The Morgan fingerprint density at radius 1 is 0.968 bits per heavy atom. The Morgan fingerprint density at radius 3 is 2.03 bits per heavy atom. The number of halogens is 3. The third kappa shape index (κ3) is 6.66. The first-order valence-electron chi connectivity index (χ1n) is 8.80. The molecule has 2 rings (SSSR count). The Morgan fingerprint density at radius 2 is 1.55 bits per heavy atom. The van der Waals surface area contributed by atoms with E-state index in [0.717, 1.165) is 30.3 Å². The van der Waals surface area contributed by atoms with Gasteiger partial charge in [0, 0.05) is 11.8 Å². The standard InChI is InChI=1S/C21H20F3NO6/c1-28-16-10-13(11-17(29-2)20(16)30-3)4-9-19(27)31-12-18(26)25-15-7-5-14(6-8-15)21(22,23)24/h4-11H,12H2,1-3H3,(H,25,26)/b9-4+. The van der Waals surface area contributed by atoms with Gasteiger partial charge in [0.05, 0.1) is 26.9 Å². The van der Waals surface area contributed by atoms with Crippen LogP contribution in [0.4, 0.5) is 18.9 Å². The summed E-state index contributed by atoms with van der Waals surface area (Å²) in [5.74, 6) is -0.313. The minimum absolute atomic E-state index is 0.141. The molecule has 0 aromatic heterocycles. The molecule has 7 nitrogen and oxygen atoms in total. The first kappa shape index (κ1) is 23.6. The summed E-state index contributed by atoms with van der Waals surface area (Å²) in [4.78, 5) is 23.7. The number of ether oxygens (including phenoxy) is 4. The molecule has 0 bridgehead atoms. The molecule has 1 amide bonds. The Bertz CT molecular complexity index is 930. The Hall–Kier alpha value is -3.69. The molecule has 0 radical (unpaired) electrons. The second-order valence-corrected chi connectivity index (χ2v) is 6.02. The normalized spacial score (nSPS) is 11.2. The second kappa shape index (κ2) is 10.4. The van der Waals surface area contributed by atoms with Gasteiger partial charge >= 0.3 is 12.1 Å². The molecule has 0 atom stereocenters. The molecule has 31 heavy (non-hydrogen) atoms. The summed E-state index contributed by atoms with van der Waals surface area (Å²) in [5, 5.41) is 2.34. The van der Waals surface area contributed by atoms with E-state index < -0.39 is 30.2 Å². The van der Waals surface area contributed by atoms with E-state index in [9.17, 15) is 22.8 Å². The fourth-order valence-corrected chi connectivity index (χ4v) is 2.49. The quantitative estimate of drug-likeness (QED) is 0.496. The number of rotatable bonds is 8. The first-order chi connectivity index (χ1) is 14.7. The predicted octanol–water partition coefficient (Wildman–Crippen LogP) is 3.93. The maximum atomic E-state index is 12.5. The highest BCUT2D eigenvalue weighted by atomic mass is 19.4. The summed E-state index contributed by atoms with van der Waals surface area (Å²) in [6.07, 6.45) is -1.94. The Kier molecular flexibility index (Phi) is 7.89. The van der Waals surface area contributed by atoms with E-state index in [1.807, 2.05) is 0 Å². The topological polar surface area (TPSA) is 83.1 Å². The van der Waals surface area contributed by atoms with E-state index >= 15 is 0 Å². The largest absolute Gasteiger partial charge is 0.493 e. The summed E-state index contributed by atoms with van der Waals surface area (Å²) in [7, 11) is 4.37. The summed E-state index contributed by atoms with van der Waals surface area (Å²) in [6.45, 7) is -0.612. The molecular weight excluding hydrogens is 419 g/mol. The third-order valence-corrected chi connectivity index (χ3v) is 3.94. The van der Waals surface area contributed by atoms with Gasteiger partial charge in [-0.15, -0.1) is 0 Å². The van der Waals surface area contributed by atoms with Crippen molar-refractivity contribution in [3.8, 4) is 17.2 Å². The van der Waals surface area contributed by atoms with Gasteiger partial charge < -0.3 is 24.3 Å². The van der Waals surface area contributed by atoms with Gasteiger partial charge in [-0.05, 0) is 48.0 Å². The number of alkyl halides is 3. The summed E-state index contributed by atoms with van der Waals surface area (Å²) < 4.78 is 58.1. The third-order valence-electron chi connectivity index (χ3n) is 3.94. The highest BCUT2D eigenvalue weighted by Gasteiger charge is 2.30.